The molecule has 5 rings (SSSR count). The predicted octanol–water partition coefficient (Wildman–Crippen LogP) is 5.64. The van der Waals surface area contributed by atoms with E-state index in [1.807, 2.05) is 30.3 Å². The van der Waals surface area contributed by atoms with E-state index in [1.54, 1.807) is 25.1 Å². The van der Waals surface area contributed by atoms with E-state index in [0.29, 0.717) is 35.3 Å². The minimum atomic E-state index is -1.06. The first-order chi connectivity index (χ1) is 17.8. The lowest BCUT2D eigenvalue weighted by molar-refractivity contribution is -0.140. The predicted molar refractivity (Wildman–Crippen MR) is 130 cm³/mol. The monoisotopic (exact) mass is 504 g/mol. The van der Waals surface area contributed by atoms with Crippen molar-refractivity contribution in [2.75, 3.05) is 5.32 Å². The molecule has 10 heteroatoms. The van der Waals surface area contributed by atoms with Gasteiger partial charge in [0, 0.05) is 5.56 Å². The number of hydrogen-bond acceptors (Lipinski definition) is 5. The van der Waals surface area contributed by atoms with E-state index in [1.165, 1.54) is 18.3 Å². The van der Waals surface area contributed by atoms with E-state index in [9.17, 15) is 23.5 Å². The topological polar surface area (TPSA) is 106 Å². The average Bonchev–Trinajstić information content (AvgIpc) is 3.64. The summed E-state index contributed by atoms with van der Waals surface area (Å²) in [5.41, 5.74) is 1.25. The highest BCUT2D eigenvalue weighted by atomic mass is 19.1. The first kappa shape index (κ1) is 24.1. The molecular weight excluding hydrogens is 482 g/mol. The van der Waals surface area contributed by atoms with Gasteiger partial charge in [0.1, 0.15) is 11.9 Å². The molecule has 0 spiro atoms. The number of benzene rings is 2. The van der Waals surface area contributed by atoms with Crippen molar-refractivity contribution in [3.8, 4) is 16.9 Å². The van der Waals surface area contributed by atoms with Crippen molar-refractivity contribution in [2.45, 2.75) is 31.3 Å². The molecule has 1 atom stereocenters. The molecule has 0 aliphatic heterocycles. The maximum Gasteiger partial charge on any atom is 0.413 e. The van der Waals surface area contributed by atoms with E-state index >= 15 is 0 Å². The molecule has 0 radical (unpaired) electrons. The number of nitrogens with one attached hydrogen (secondary N) is 1. The molecule has 4 aromatic rings. The molecule has 2 heterocycles. The Labute approximate surface area is 210 Å². The number of amides is 1. The molecule has 1 saturated carbocycles. The highest BCUT2D eigenvalue weighted by Gasteiger charge is 2.52. The van der Waals surface area contributed by atoms with Crippen LogP contribution in [0.3, 0.4) is 0 Å². The van der Waals surface area contributed by atoms with Gasteiger partial charge >= 0.3 is 12.1 Å². The Hall–Kier alpha value is -4.60. The van der Waals surface area contributed by atoms with Crippen LogP contribution in [0.1, 0.15) is 37.0 Å². The third-order valence-corrected chi connectivity index (χ3v) is 6.40. The van der Waals surface area contributed by atoms with Crippen LogP contribution in [0.5, 0.6) is 0 Å². The number of carbonyl (C=O) groups excluding carboxylic acids is 1. The molecule has 1 fully saturated rings. The van der Waals surface area contributed by atoms with Gasteiger partial charge in [-0.15, -0.1) is 0 Å². The maximum absolute atomic E-state index is 14.5. The fraction of sp³-hybridized carbons (Fsp3) is 0.185. The minimum absolute atomic E-state index is 0.231. The Morgan fingerprint density at radius 2 is 1.84 bits per heavy atom. The number of carboxylic acid groups (broad SMARTS) is 1. The van der Waals surface area contributed by atoms with Crippen molar-refractivity contribution in [3.63, 3.8) is 0 Å². The van der Waals surface area contributed by atoms with Crippen LogP contribution in [0, 0.1) is 11.6 Å². The molecule has 0 bridgehead atoms. The Bertz CT molecular complexity index is 1470. The summed E-state index contributed by atoms with van der Waals surface area (Å²) in [5.74, 6) is -2.55. The van der Waals surface area contributed by atoms with Crippen LogP contribution in [0.2, 0.25) is 0 Å². The van der Waals surface area contributed by atoms with Gasteiger partial charge in [0.05, 0.1) is 29.2 Å². The Kier molecular flexibility index (Phi) is 6.16. The summed E-state index contributed by atoms with van der Waals surface area (Å²) in [6.07, 6.45) is 1.81. The number of anilines is 1. The number of rotatable bonds is 7. The molecule has 37 heavy (non-hydrogen) atoms. The summed E-state index contributed by atoms with van der Waals surface area (Å²) < 4.78 is 35.3. The van der Waals surface area contributed by atoms with Gasteiger partial charge in [-0.2, -0.15) is 5.10 Å². The van der Waals surface area contributed by atoms with E-state index in [-0.39, 0.29) is 5.82 Å². The lowest BCUT2D eigenvalue weighted by atomic mass is 9.93. The summed E-state index contributed by atoms with van der Waals surface area (Å²) in [6.45, 7) is 1.70. The number of ether oxygens (including phenoxy) is 1. The van der Waals surface area contributed by atoms with Gasteiger partial charge in [-0.25, -0.2) is 18.3 Å². The number of hydrogen-bond donors (Lipinski definition) is 2. The van der Waals surface area contributed by atoms with Gasteiger partial charge in [0.25, 0.3) is 0 Å². The average molecular weight is 504 g/mol. The van der Waals surface area contributed by atoms with Gasteiger partial charge in [-0.05, 0) is 61.2 Å². The Morgan fingerprint density at radius 3 is 2.49 bits per heavy atom. The van der Waals surface area contributed by atoms with Crippen molar-refractivity contribution in [2.24, 2.45) is 0 Å². The van der Waals surface area contributed by atoms with Crippen LogP contribution in [-0.2, 0) is 14.9 Å². The summed E-state index contributed by atoms with van der Waals surface area (Å²) in [5, 5.41) is 15.9. The van der Waals surface area contributed by atoms with Gasteiger partial charge in [0.2, 0.25) is 0 Å². The fourth-order valence-corrected chi connectivity index (χ4v) is 4.16. The molecule has 1 aliphatic rings. The van der Waals surface area contributed by atoms with Crippen molar-refractivity contribution in [3.05, 3.63) is 95.8 Å². The molecule has 1 unspecified atom stereocenters. The van der Waals surface area contributed by atoms with Crippen LogP contribution < -0.4 is 5.32 Å². The highest BCUT2D eigenvalue weighted by molar-refractivity contribution is 5.86. The Morgan fingerprint density at radius 1 is 1.08 bits per heavy atom. The van der Waals surface area contributed by atoms with Crippen molar-refractivity contribution in [1.82, 2.24) is 14.8 Å². The third kappa shape index (κ3) is 4.77. The number of carboxylic acids is 1. The fourth-order valence-electron chi connectivity index (χ4n) is 4.16. The van der Waals surface area contributed by atoms with E-state index < -0.39 is 35.2 Å². The van der Waals surface area contributed by atoms with E-state index in [2.05, 4.69) is 15.4 Å². The van der Waals surface area contributed by atoms with Gasteiger partial charge in [-0.3, -0.25) is 15.1 Å². The third-order valence-electron chi connectivity index (χ3n) is 6.40. The normalized spacial score (nSPS) is 14.6. The van der Waals surface area contributed by atoms with Crippen LogP contribution in [0.4, 0.5) is 19.4 Å². The zero-order valence-corrected chi connectivity index (χ0v) is 19.7. The second-order valence-electron chi connectivity index (χ2n) is 8.85. The summed E-state index contributed by atoms with van der Waals surface area (Å²) in [6, 6.07) is 16.4. The second kappa shape index (κ2) is 9.45. The zero-order chi connectivity index (χ0) is 26.2. The quantitative estimate of drug-likeness (QED) is 0.338. The lowest BCUT2D eigenvalue weighted by Gasteiger charge is -2.15. The minimum Gasteiger partial charge on any atom is -0.481 e. The number of pyridine rings is 1. The number of halogens is 2. The molecule has 1 amide bonds. The van der Waals surface area contributed by atoms with Crippen LogP contribution in [0.25, 0.3) is 16.9 Å². The Balaban J connectivity index is 1.36. The molecule has 8 nitrogen and oxygen atoms in total. The van der Waals surface area contributed by atoms with Gasteiger partial charge in [-0.1, -0.05) is 30.3 Å². The van der Waals surface area contributed by atoms with Crippen LogP contribution in [0.15, 0.2) is 73.1 Å². The summed E-state index contributed by atoms with van der Waals surface area (Å²) in [7, 11) is 0. The summed E-state index contributed by atoms with van der Waals surface area (Å²) >= 11 is 0. The molecule has 0 saturated heterocycles. The van der Waals surface area contributed by atoms with Crippen molar-refractivity contribution in [1.29, 1.82) is 0 Å². The summed E-state index contributed by atoms with van der Waals surface area (Å²) in [4.78, 5) is 28.4. The van der Waals surface area contributed by atoms with Gasteiger partial charge in [0.15, 0.2) is 11.6 Å². The number of nitrogens with zero attached hydrogens (tertiary/aromatic N) is 3. The van der Waals surface area contributed by atoms with Crippen LogP contribution >= 0.6 is 0 Å². The molecule has 2 aromatic carbocycles. The molecule has 2 N–H and O–H groups in total. The first-order valence-corrected chi connectivity index (χ1v) is 11.5. The second-order valence-corrected chi connectivity index (χ2v) is 8.85. The molecule has 188 valence electrons. The zero-order valence-electron chi connectivity index (χ0n) is 19.7. The molecule has 2 aromatic heterocycles. The van der Waals surface area contributed by atoms with Crippen molar-refractivity contribution >= 4 is 17.9 Å². The SMILES string of the molecule is CC(OC(=O)Nc1c(F)cnn1-c1ccc(-c2cc(F)cc(C3(C(=O)O)CC3)c2)nc1)c1ccccc1. The van der Waals surface area contributed by atoms with E-state index in [0.717, 1.165) is 16.4 Å². The molecular formula is C27H22F2N4O4. The largest absolute Gasteiger partial charge is 0.481 e. The smallest absolute Gasteiger partial charge is 0.413 e. The van der Waals surface area contributed by atoms with Crippen molar-refractivity contribution < 1.29 is 28.2 Å². The van der Waals surface area contributed by atoms with Gasteiger partial charge < -0.3 is 9.84 Å². The maximum atomic E-state index is 14.5. The highest BCUT2D eigenvalue weighted by Crippen LogP contribution is 2.49. The molecule has 1 aliphatic carbocycles. The van der Waals surface area contributed by atoms with Crippen LogP contribution in [-0.4, -0.2) is 31.9 Å². The number of aliphatic carboxylic acids is 1. The van der Waals surface area contributed by atoms with E-state index in [4.69, 9.17) is 4.74 Å². The number of aromatic nitrogens is 3. The standard InChI is InChI=1S/C27H22F2N4O4/c1-16(17-5-3-2-4-6-17)37-26(36)32-24-22(29)15-31-33(24)21-7-8-23(30-14-21)18-11-19(13-20(28)12-18)27(9-10-27)25(34)35/h2-8,11-16H,9-10H2,1H3,(H,32,36)(H,34,35). The first-order valence-electron chi connectivity index (χ1n) is 11.5. The number of carbonyl (C=O) groups is 2. The lowest BCUT2D eigenvalue weighted by Crippen LogP contribution is -2.19.